The van der Waals surface area contributed by atoms with E-state index in [2.05, 4.69) is 15.2 Å². The van der Waals surface area contributed by atoms with E-state index in [1.807, 2.05) is 25.1 Å². The van der Waals surface area contributed by atoms with Crippen molar-refractivity contribution in [1.29, 1.82) is 0 Å². The first-order valence-corrected chi connectivity index (χ1v) is 5.94. The first kappa shape index (κ1) is 11.4. The molecule has 2 aromatic rings. The Labute approximate surface area is 103 Å². The van der Waals surface area contributed by atoms with Crippen LogP contribution < -0.4 is 5.73 Å². The second-order valence-corrected chi connectivity index (χ2v) is 4.83. The van der Waals surface area contributed by atoms with Gasteiger partial charge >= 0.3 is 0 Å². The third-order valence-electron chi connectivity index (χ3n) is 2.07. The van der Waals surface area contributed by atoms with Crippen molar-refractivity contribution in [3.05, 3.63) is 35.1 Å². The Morgan fingerprint density at radius 1 is 1.50 bits per heavy atom. The van der Waals surface area contributed by atoms with E-state index in [1.54, 1.807) is 0 Å². The quantitative estimate of drug-likeness (QED) is 0.884. The topological polar surface area (TPSA) is 67.6 Å². The third kappa shape index (κ3) is 2.55. The molecular weight excluding hydrogens is 244 g/mol. The number of halogens is 1. The lowest BCUT2D eigenvalue weighted by Crippen LogP contribution is -2.05. The van der Waals surface area contributed by atoms with Gasteiger partial charge in [0.2, 0.25) is 0 Å². The van der Waals surface area contributed by atoms with Gasteiger partial charge in [0.15, 0.2) is 5.16 Å². The number of aromatic amines is 1. The van der Waals surface area contributed by atoms with Crippen LogP contribution in [0.25, 0.3) is 0 Å². The number of aromatic nitrogens is 3. The largest absolute Gasteiger partial charge is 0.324 e. The summed E-state index contributed by atoms with van der Waals surface area (Å²) in [5, 5.41) is 7.97. The fourth-order valence-electron chi connectivity index (χ4n) is 1.30. The van der Waals surface area contributed by atoms with Crippen molar-refractivity contribution in [2.24, 2.45) is 5.73 Å². The minimum absolute atomic E-state index is 0.0585. The van der Waals surface area contributed by atoms with Crippen LogP contribution in [0.4, 0.5) is 0 Å². The van der Waals surface area contributed by atoms with Crippen molar-refractivity contribution >= 4 is 23.4 Å². The van der Waals surface area contributed by atoms with Crippen molar-refractivity contribution < 1.29 is 0 Å². The normalized spacial score (nSPS) is 12.7. The fraction of sp³-hybridized carbons (Fsp3) is 0.200. The molecule has 1 heterocycles. The fourth-order valence-corrected chi connectivity index (χ4v) is 2.45. The van der Waals surface area contributed by atoms with Crippen LogP contribution in [0.1, 0.15) is 18.5 Å². The van der Waals surface area contributed by atoms with Crippen molar-refractivity contribution in [1.82, 2.24) is 15.2 Å². The highest BCUT2D eigenvalue weighted by Gasteiger charge is 2.07. The van der Waals surface area contributed by atoms with E-state index in [0.717, 1.165) is 15.6 Å². The highest BCUT2D eigenvalue weighted by molar-refractivity contribution is 7.99. The molecule has 1 atom stereocenters. The molecule has 0 aliphatic heterocycles. The standard InChI is InChI=1S/C10H11ClN4S/c1-6(12)8-3-2-7(4-9(8)11)16-10-13-5-14-15-10/h2-6H,12H2,1H3,(H,13,14,15). The molecule has 0 aliphatic carbocycles. The van der Waals surface area contributed by atoms with Gasteiger partial charge < -0.3 is 5.73 Å². The summed E-state index contributed by atoms with van der Waals surface area (Å²) in [6, 6.07) is 5.73. The Kier molecular flexibility index (Phi) is 3.48. The zero-order valence-corrected chi connectivity index (χ0v) is 10.2. The van der Waals surface area contributed by atoms with Gasteiger partial charge in [-0.2, -0.15) is 5.10 Å². The number of nitrogens with one attached hydrogen (secondary N) is 1. The van der Waals surface area contributed by atoms with Gasteiger partial charge in [0, 0.05) is 16.0 Å². The first-order valence-electron chi connectivity index (χ1n) is 4.75. The maximum absolute atomic E-state index is 6.12. The molecule has 84 valence electrons. The molecule has 0 saturated carbocycles. The lowest BCUT2D eigenvalue weighted by molar-refractivity contribution is 0.817. The smallest absolute Gasteiger partial charge is 0.188 e. The predicted octanol–water partition coefficient (Wildman–Crippen LogP) is 2.63. The lowest BCUT2D eigenvalue weighted by Gasteiger charge is -2.08. The third-order valence-corrected chi connectivity index (χ3v) is 3.28. The Bertz CT molecular complexity index is 470. The van der Waals surface area contributed by atoms with Crippen LogP contribution in [0.3, 0.4) is 0 Å². The van der Waals surface area contributed by atoms with Crippen molar-refractivity contribution in [3.8, 4) is 0 Å². The SMILES string of the molecule is CC(N)c1ccc(Sc2ncn[nH]2)cc1Cl. The average Bonchev–Trinajstić information content (AvgIpc) is 2.70. The highest BCUT2D eigenvalue weighted by Crippen LogP contribution is 2.30. The summed E-state index contributed by atoms with van der Waals surface area (Å²) in [7, 11) is 0. The average molecular weight is 255 g/mol. The van der Waals surface area contributed by atoms with Gasteiger partial charge in [-0.05, 0) is 24.6 Å². The summed E-state index contributed by atoms with van der Waals surface area (Å²) < 4.78 is 0. The Morgan fingerprint density at radius 3 is 2.88 bits per heavy atom. The van der Waals surface area contributed by atoms with E-state index >= 15 is 0 Å². The zero-order chi connectivity index (χ0) is 11.5. The molecule has 1 aromatic carbocycles. The van der Waals surface area contributed by atoms with Gasteiger partial charge in [-0.15, -0.1) is 0 Å². The monoisotopic (exact) mass is 254 g/mol. The van der Waals surface area contributed by atoms with Crippen LogP contribution in [-0.2, 0) is 0 Å². The summed E-state index contributed by atoms with van der Waals surface area (Å²) in [6.45, 7) is 1.91. The predicted molar refractivity (Wildman–Crippen MR) is 64.6 cm³/mol. The van der Waals surface area contributed by atoms with Crippen molar-refractivity contribution in [2.75, 3.05) is 0 Å². The molecule has 0 spiro atoms. The molecule has 1 aromatic heterocycles. The summed E-state index contributed by atoms with van der Waals surface area (Å²) >= 11 is 7.60. The summed E-state index contributed by atoms with van der Waals surface area (Å²) in [4.78, 5) is 5.03. The maximum Gasteiger partial charge on any atom is 0.188 e. The van der Waals surface area contributed by atoms with Crippen LogP contribution in [0.2, 0.25) is 5.02 Å². The van der Waals surface area contributed by atoms with Crippen molar-refractivity contribution in [2.45, 2.75) is 23.0 Å². The van der Waals surface area contributed by atoms with Crippen LogP contribution in [0.15, 0.2) is 34.6 Å². The van der Waals surface area contributed by atoms with Crippen molar-refractivity contribution in [3.63, 3.8) is 0 Å². The van der Waals surface area contributed by atoms with E-state index in [1.165, 1.54) is 18.1 Å². The minimum atomic E-state index is -0.0585. The Morgan fingerprint density at radius 2 is 2.31 bits per heavy atom. The molecule has 0 aliphatic rings. The second-order valence-electron chi connectivity index (χ2n) is 3.36. The molecule has 0 fully saturated rings. The number of rotatable bonds is 3. The lowest BCUT2D eigenvalue weighted by atomic mass is 10.1. The molecule has 0 radical (unpaired) electrons. The molecule has 4 nitrogen and oxygen atoms in total. The van der Waals surface area contributed by atoms with Crippen LogP contribution >= 0.6 is 23.4 Å². The van der Waals surface area contributed by atoms with E-state index < -0.39 is 0 Å². The minimum Gasteiger partial charge on any atom is -0.324 e. The van der Waals surface area contributed by atoms with Crippen LogP contribution in [0, 0.1) is 0 Å². The zero-order valence-electron chi connectivity index (χ0n) is 8.64. The van der Waals surface area contributed by atoms with Gasteiger partial charge in [-0.25, -0.2) is 4.98 Å². The number of nitrogens with zero attached hydrogens (tertiary/aromatic N) is 2. The summed E-state index contributed by atoms with van der Waals surface area (Å²) in [5.74, 6) is 0. The second kappa shape index (κ2) is 4.86. The number of benzene rings is 1. The first-order chi connectivity index (χ1) is 7.66. The maximum atomic E-state index is 6.12. The molecular formula is C10H11ClN4S. The van der Waals surface area contributed by atoms with Crippen LogP contribution in [0.5, 0.6) is 0 Å². The molecule has 0 saturated heterocycles. The van der Waals surface area contributed by atoms with Gasteiger partial charge in [0.1, 0.15) is 6.33 Å². The molecule has 3 N–H and O–H groups in total. The van der Waals surface area contributed by atoms with E-state index in [-0.39, 0.29) is 6.04 Å². The molecule has 16 heavy (non-hydrogen) atoms. The van der Waals surface area contributed by atoms with Gasteiger partial charge in [-0.3, -0.25) is 5.10 Å². The Balaban J connectivity index is 2.21. The molecule has 2 rings (SSSR count). The highest BCUT2D eigenvalue weighted by atomic mass is 35.5. The van der Waals surface area contributed by atoms with Crippen LogP contribution in [-0.4, -0.2) is 15.2 Å². The summed E-state index contributed by atoms with van der Waals surface area (Å²) in [6.07, 6.45) is 1.47. The number of hydrogen-bond acceptors (Lipinski definition) is 4. The van der Waals surface area contributed by atoms with E-state index in [9.17, 15) is 0 Å². The molecule has 0 bridgehead atoms. The number of nitrogens with two attached hydrogens (primary N) is 1. The molecule has 1 unspecified atom stereocenters. The molecule has 6 heteroatoms. The molecule has 0 amide bonds. The van der Waals surface area contributed by atoms with Gasteiger partial charge in [0.05, 0.1) is 0 Å². The van der Waals surface area contributed by atoms with E-state index in [0.29, 0.717) is 5.02 Å². The van der Waals surface area contributed by atoms with Gasteiger partial charge in [-0.1, -0.05) is 29.4 Å². The summed E-state index contributed by atoms with van der Waals surface area (Å²) in [5.41, 5.74) is 6.73. The number of H-pyrrole nitrogens is 1. The Hall–Kier alpha value is -1.04. The number of hydrogen-bond donors (Lipinski definition) is 2. The van der Waals surface area contributed by atoms with Gasteiger partial charge in [0.25, 0.3) is 0 Å². The van der Waals surface area contributed by atoms with E-state index in [4.69, 9.17) is 17.3 Å².